The first-order valence-corrected chi connectivity index (χ1v) is 12.8. The summed E-state index contributed by atoms with van der Waals surface area (Å²) < 4.78 is 0. The van der Waals surface area contributed by atoms with E-state index >= 15 is 0 Å². The lowest BCUT2D eigenvalue weighted by Gasteiger charge is -2.37. The van der Waals surface area contributed by atoms with Crippen LogP contribution in [0.25, 0.3) is 0 Å². The van der Waals surface area contributed by atoms with Crippen LogP contribution in [0.2, 0.25) is 0 Å². The topological polar surface area (TPSA) is 96.9 Å². The highest BCUT2D eigenvalue weighted by molar-refractivity contribution is 6.00. The van der Waals surface area contributed by atoms with Gasteiger partial charge in [0.1, 0.15) is 18.1 Å². The summed E-state index contributed by atoms with van der Waals surface area (Å²) in [7, 11) is 0. The van der Waals surface area contributed by atoms with Crippen molar-refractivity contribution in [3.05, 3.63) is 54.0 Å². The number of aromatic nitrogens is 2. The number of pyridine rings is 2. The average molecular weight is 479 g/mol. The summed E-state index contributed by atoms with van der Waals surface area (Å²) in [5, 5.41) is 4.50. The summed E-state index contributed by atoms with van der Waals surface area (Å²) in [5.74, 6) is 1.64. The number of likely N-dealkylation sites (tertiary alicyclic amines) is 2. The first-order chi connectivity index (χ1) is 17.0. The minimum atomic E-state index is 0.114. The molecule has 0 saturated carbocycles. The number of piperidine rings is 2. The van der Waals surface area contributed by atoms with Crippen LogP contribution in [0, 0.1) is 17.8 Å². The maximum atomic E-state index is 13.3. The number of nitrogen functional groups attached to an aromatic ring is 1. The normalized spacial score (nSPS) is 18.7. The second-order valence-corrected chi connectivity index (χ2v) is 10.1. The summed E-state index contributed by atoms with van der Waals surface area (Å²) in [6.45, 7) is 9.04. The third kappa shape index (κ3) is 7.01. The molecule has 2 aromatic heterocycles. The van der Waals surface area contributed by atoms with E-state index in [1.165, 1.54) is 5.56 Å². The van der Waals surface area contributed by atoms with E-state index in [0.717, 1.165) is 69.8 Å². The van der Waals surface area contributed by atoms with Crippen molar-refractivity contribution in [2.75, 3.05) is 38.5 Å². The van der Waals surface area contributed by atoms with Gasteiger partial charge >= 0.3 is 0 Å². The van der Waals surface area contributed by atoms with Crippen LogP contribution in [0.1, 0.15) is 50.8 Å². The minimum absolute atomic E-state index is 0.114. The molecule has 0 aromatic carbocycles. The molecule has 2 saturated heterocycles. The van der Waals surface area contributed by atoms with Crippen molar-refractivity contribution in [3.63, 3.8) is 0 Å². The first-order valence-electron chi connectivity index (χ1n) is 12.8. The van der Waals surface area contributed by atoms with Gasteiger partial charge in [0.05, 0.1) is 5.69 Å². The summed E-state index contributed by atoms with van der Waals surface area (Å²) in [5.41, 5.74) is 8.75. The molecule has 8 nitrogen and oxygen atoms in total. The van der Waals surface area contributed by atoms with E-state index < -0.39 is 0 Å². The maximum absolute atomic E-state index is 13.3. The second kappa shape index (κ2) is 12.1. The van der Waals surface area contributed by atoms with Crippen LogP contribution in [0.4, 0.5) is 5.82 Å². The van der Waals surface area contributed by atoms with Crippen LogP contribution in [-0.2, 0) is 16.2 Å². The molecule has 1 amide bonds. The predicted molar refractivity (Wildman–Crippen MR) is 138 cm³/mol. The van der Waals surface area contributed by atoms with Crippen molar-refractivity contribution in [1.82, 2.24) is 19.8 Å². The van der Waals surface area contributed by atoms with Crippen molar-refractivity contribution in [3.8, 4) is 0 Å². The van der Waals surface area contributed by atoms with Gasteiger partial charge in [-0.1, -0.05) is 25.1 Å². The fourth-order valence-electron chi connectivity index (χ4n) is 4.92. The van der Waals surface area contributed by atoms with E-state index in [9.17, 15) is 4.79 Å². The van der Waals surface area contributed by atoms with Crippen LogP contribution >= 0.6 is 0 Å². The molecule has 188 valence electrons. The highest BCUT2D eigenvalue weighted by atomic mass is 16.6. The Morgan fingerprint density at radius 2 is 1.80 bits per heavy atom. The molecule has 2 aromatic rings. The first kappa shape index (κ1) is 25.1. The number of nitrogens with zero attached hydrogens (tertiary/aromatic N) is 5. The van der Waals surface area contributed by atoms with E-state index in [1.807, 2.05) is 30.3 Å². The number of oxime groups is 1. The van der Waals surface area contributed by atoms with E-state index in [0.29, 0.717) is 24.2 Å². The van der Waals surface area contributed by atoms with Crippen molar-refractivity contribution >= 4 is 17.4 Å². The Morgan fingerprint density at radius 1 is 1.06 bits per heavy atom. The highest BCUT2D eigenvalue weighted by Gasteiger charge is 2.32. The quantitative estimate of drug-likeness (QED) is 0.460. The van der Waals surface area contributed by atoms with Gasteiger partial charge in [0.25, 0.3) is 0 Å². The number of hydrogen-bond acceptors (Lipinski definition) is 7. The molecule has 2 aliphatic heterocycles. The molecular weight excluding hydrogens is 440 g/mol. The molecule has 0 radical (unpaired) electrons. The van der Waals surface area contributed by atoms with E-state index in [1.54, 1.807) is 12.4 Å². The third-order valence-electron chi connectivity index (χ3n) is 6.88. The number of hydrogen-bond donors (Lipinski definition) is 1. The Morgan fingerprint density at radius 3 is 2.46 bits per heavy atom. The number of carbonyl (C=O) groups is 1. The van der Waals surface area contributed by atoms with Crippen LogP contribution in [0.15, 0.2) is 47.9 Å². The zero-order valence-electron chi connectivity index (χ0n) is 21.0. The lowest BCUT2D eigenvalue weighted by atomic mass is 9.88. The average Bonchev–Trinajstić information content (AvgIpc) is 2.87. The lowest BCUT2D eigenvalue weighted by Crippen LogP contribution is -2.46. The summed E-state index contributed by atoms with van der Waals surface area (Å²) >= 11 is 0. The number of nitrogens with two attached hydrogens (primary N) is 1. The monoisotopic (exact) mass is 478 g/mol. The second-order valence-electron chi connectivity index (χ2n) is 10.1. The van der Waals surface area contributed by atoms with Gasteiger partial charge in [-0.25, -0.2) is 4.98 Å². The number of anilines is 1. The Hall–Kier alpha value is -3.00. The van der Waals surface area contributed by atoms with Gasteiger partial charge in [-0.05, 0) is 74.5 Å². The predicted octanol–water partition coefficient (Wildman–Crippen LogP) is 3.59. The highest BCUT2D eigenvalue weighted by Crippen LogP contribution is 2.26. The van der Waals surface area contributed by atoms with Gasteiger partial charge in [-0.3, -0.25) is 14.7 Å². The van der Waals surface area contributed by atoms with Gasteiger partial charge in [0.15, 0.2) is 0 Å². The van der Waals surface area contributed by atoms with Crippen LogP contribution in [-0.4, -0.2) is 64.2 Å². The smallest absolute Gasteiger partial charge is 0.225 e. The summed E-state index contributed by atoms with van der Waals surface area (Å²) in [6, 6.07) is 9.82. The molecule has 0 bridgehead atoms. The number of amides is 1. The molecule has 0 aliphatic carbocycles. The minimum Gasteiger partial charge on any atom is -0.395 e. The van der Waals surface area contributed by atoms with E-state index in [2.05, 4.69) is 38.8 Å². The zero-order chi connectivity index (χ0) is 24.6. The Labute approximate surface area is 208 Å². The van der Waals surface area contributed by atoms with Crippen molar-refractivity contribution in [1.29, 1.82) is 0 Å². The molecular formula is C27H38N6O2. The molecule has 2 N–H and O–H groups in total. The maximum Gasteiger partial charge on any atom is 0.225 e. The van der Waals surface area contributed by atoms with Gasteiger partial charge in [-0.2, -0.15) is 0 Å². The molecule has 35 heavy (non-hydrogen) atoms. The van der Waals surface area contributed by atoms with Crippen molar-refractivity contribution in [2.24, 2.45) is 22.9 Å². The summed E-state index contributed by atoms with van der Waals surface area (Å²) in [4.78, 5) is 32.0. The molecule has 0 unspecified atom stereocenters. The Bertz CT molecular complexity index is 980. The largest absolute Gasteiger partial charge is 0.395 e. The van der Waals surface area contributed by atoms with Crippen LogP contribution in [0.3, 0.4) is 0 Å². The Kier molecular flexibility index (Phi) is 8.69. The molecule has 2 fully saturated rings. The van der Waals surface area contributed by atoms with Gasteiger partial charge in [0.2, 0.25) is 5.91 Å². The third-order valence-corrected chi connectivity index (χ3v) is 6.88. The molecule has 4 heterocycles. The van der Waals surface area contributed by atoms with Crippen LogP contribution < -0.4 is 5.73 Å². The van der Waals surface area contributed by atoms with E-state index in [4.69, 9.17) is 10.6 Å². The van der Waals surface area contributed by atoms with Crippen molar-refractivity contribution in [2.45, 2.75) is 46.1 Å². The molecule has 4 rings (SSSR count). The fraction of sp³-hybridized carbons (Fsp3) is 0.556. The standard InChI is InChI=1S/C27H38N6O2/c1-20(2)19-35-31-26(24-5-3-4-11-29-24)22-9-15-33(16-10-22)27(34)23-7-13-32(14-8-23)18-21-6-12-30-25(28)17-21/h3-6,11-12,17,20,22-23H,7-10,13-16,18-19H2,1-2H3,(H2,28,30)/b31-26+. The number of carbonyl (C=O) groups excluding carboxylic acids is 1. The Balaban J connectivity index is 1.28. The zero-order valence-corrected chi connectivity index (χ0v) is 21.0. The molecule has 8 heteroatoms. The fourth-order valence-corrected chi connectivity index (χ4v) is 4.92. The molecule has 0 atom stereocenters. The van der Waals surface area contributed by atoms with Crippen LogP contribution in [0.5, 0.6) is 0 Å². The van der Waals surface area contributed by atoms with Gasteiger partial charge in [-0.15, -0.1) is 0 Å². The van der Waals surface area contributed by atoms with Crippen molar-refractivity contribution < 1.29 is 9.63 Å². The molecule has 0 spiro atoms. The number of rotatable bonds is 8. The van der Waals surface area contributed by atoms with E-state index in [-0.39, 0.29) is 11.8 Å². The molecule has 2 aliphatic rings. The van der Waals surface area contributed by atoms with Gasteiger partial charge < -0.3 is 15.5 Å². The lowest BCUT2D eigenvalue weighted by molar-refractivity contribution is -0.138. The SMILES string of the molecule is CC(C)CO/N=C(/c1ccccn1)C1CCN(C(=O)C2CCN(Cc3ccnc(N)c3)CC2)CC1. The van der Waals surface area contributed by atoms with Gasteiger partial charge in [0, 0.05) is 43.9 Å². The summed E-state index contributed by atoms with van der Waals surface area (Å²) in [6.07, 6.45) is 7.13.